The predicted octanol–water partition coefficient (Wildman–Crippen LogP) is 1.55. The number of fused-ring (bicyclic) bond motifs is 2. The van der Waals surface area contributed by atoms with Crippen LogP contribution >= 0.6 is 0 Å². The highest BCUT2D eigenvalue weighted by Gasteiger charge is 2.40. The van der Waals surface area contributed by atoms with Gasteiger partial charge in [0.05, 0.1) is 11.3 Å². The summed E-state index contributed by atoms with van der Waals surface area (Å²) in [4.78, 5) is 41.3. The molecule has 2 aliphatic rings. The Morgan fingerprint density at radius 1 is 1.25 bits per heavy atom. The van der Waals surface area contributed by atoms with Gasteiger partial charge in [-0.1, -0.05) is 12.1 Å². The average molecular weight is 329 g/mol. The Labute approximate surface area is 141 Å². The highest BCUT2D eigenvalue weighted by atomic mass is 16.2. The maximum atomic E-state index is 13.1. The zero-order valence-corrected chi connectivity index (χ0v) is 14.1. The van der Waals surface area contributed by atoms with Crippen LogP contribution in [0.2, 0.25) is 0 Å². The van der Waals surface area contributed by atoms with Crippen molar-refractivity contribution in [3.8, 4) is 0 Å². The lowest BCUT2D eigenvalue weighted by Gasteiger charge is -2.34. The summed E-state index contributed by atoms with van der Waals surface area (Å²) in [5.74, 6) is -0.493. The first-order valence-corrected chi connectivity index (χ1v) is 8.50. The fourth-order valence-electron chi connectivity index (χ4n) is 3.45. The Morgan fingerprint density at radius 3 is 2.75 bits per heavy atom. The standard InChI is InChI=1S/C18H23N3O3/c1-12(2)19-16(22)11-21-14-8-4-3-7-13(14)17(23)20-10-6-5-9-15(20)18(21)24/h3-4,7-8,12,15H,5-6,9-11H2,1-2H3,(H,19,22). The maximum absolute atomic E-state index is 13.1. The first kappa shape index (κ1) is 16.5. The molecule has 1 atom stereocenters. The van der Waals surface area contributed by atoms with Crippen molar-refractivity contribution in [3.63, 3.8) is 0 Å². The van der Waals surface area contributed by atoms with E-state index in [1.54, 1.807) is 29.2 Å². The molecule has 1 unspecified atom stereocenters. The number of carbonyl (C=O) groups is 3. The SMILES string of the molecule is CC(C)NC(=O)CN1C(=O)C2CCCCN2C(=O)c2ccccc21. The van der Waals surface area contributed by atoms with Gasteiger partial charge in [0.1, 0.15) is 12.6 Å². The summed E-state index contributed by atoms with van der Waals surface area (Å²) in [5, 5.41) is 2.81. The number of amides is 3. The number of para-hydroxylation sites is 1. The third-order valence-corrected chi connectivity index (χ3v) is 4.49. The van der Waals surface area contributed by atoms with Crippen LogP contribution in [0.15, 0.2) is 24.3 Å². The van der Waals surface area contributed by atoms with Crippen molar-refractivity contribution < 1.29 is 14.4 Å². The molecule has 0 aromatic heterocycles. The van der Waals surface area contributed by atoms with Gasteiger partial charge in [-0.3, -0.25) is 14.4 Å². The predicted molar refractivity (Wildman–Crippen MR) is 90.7 cm³/mol. The highest BCUT2D eigenvalue weighted by Crippen LogP contribution is 2.31. The molecular formula is C18H23N3O3. The van der Waals surface area contributed by atoms with Crippen LogP contribution in [-0.2, 0) is 9.59 Å². The summed E-state index contributed by atoms with van der Waals surface area (Å²) in [7, 11) is 0. The van der Waals surface area contributed by atoms with Crippen molar-refractivity contribution in [2.75, 3.05) is 18.0 Å². The van der Waals surface area contributed by atoms with Crippen LogP contribution in [0.4, 0.5) is 5.69 Å². The second-order valence-electron chi connectivity index (χ2n) is 6.67. The lowest BCUT2D eigenvalue weighted by Crippen LogP contribution is -2.52. The number of hydrogen-bond acceptors (Lipinski definition) is 3. The van der Waals surface area contributed by atoms with E-state index in [1.165, 1.54) is 4.90 Å². The molecule has 2 aliphatic heterocycles. The van der Waals surface area contributed by atoms with E-state index in [0.29, 0.717) is 24.2 Å². The summed E-state index contributed by atoms with van der Waals surface area (Å²) in [6.07, 6.45) is 2.48. The minimum atomic E-state index is -0.467. The van der Waals surface area contributed by atoms with E-state index in [4.69, 9.17) is 0 Å². The highest BCUT2D eigenvalue weighted by molar-refractivity contribution is 6.12. The van der Waals surface area contributed by atoms with Crippen LogP contribution in [0.5, 0.6) is 0 Å². The van der Waals surface area contributed by atoms with Gasteiger partial charge in [0, 0.05) is 12.6 Å². The van der Waals surface area contributed by atoms with Crippen LogP contribution in [0.25, 0.3) is 0 Å². The van der Waals surface area contributed by atoms with Crippen molar-refractivity contribution >= 4 is 23.4 Å². The molecule has 0 spiro atoms. The maximum Gasteiger partial charge on any atom is 0.256 e. The van der Waals surface area contributed by atoms with Crippen molar-refractivity contribution in [2.24, 2.45) is 0 Å². The lowest BCUT2D eigenvalue weighted by atomic mass is 10.0. The van der Waals surface area contributed by atoms with E-state index in [1.807, 2.05) is 13.8 Å². The monoisotopic (exact) mass is 329 g/mol. The molecular weight excluding hydrogens is 306 g/mol. The lowest BCUT2D eigenvalue weighted by molar-refractivity contribution is -0.127. The number of carbonyl (C=O) groups excluding carboxylic acids is 3. The molecule has 0 aliphatic carbocycles. The number of benzene rings is 1. The first-order valence-electron chi connectivity index (χ1n) is 8.50. The van der Waals surface area contributed by atoms with Crippen LogP contribution in [-0.4, -0.2) is 47.8 Å². The molecule has 6 heteroatoms. The fourth-order valence-corrected chi connectivity index (χ4v) is 3.45. The molecule has 1 fully saturated rings. The molecule has 1 aromatic carbocycles. The first-order chi connectivity index (χ1) is 11.5. The Kier molecular flexibility index (Phi) is 4.55. The van der Waals surface area contributed by atoms with E-state index >= 15 is 0 Å². The number of hydrogen-bond donors (Lipinski definition) is 1. The van der Waals surface area contributed by atoms with Crippen LogP contribution in [0.3, 0.4) is 0 Å². The van der Waals surface area contributed by atoms with Crippen molar-refractivity contribution in [2.45, 2.75) is 45.2 Å². The Balaban J connectivity index is 1.99. The molecule has 2 heterocycles. The van der Waals surface area contributed by atoms with Crippen LogP contribution in [0.1, 0.15) is 43.5 Å². The van der Waals surface area contributed by atoms with Gasteiger partial charge in [0.25, 0.3) is 5.91 Å². The van der Waals surface area contributed by atoms with Gasteiger partial charge in [-0.15, -0.1) is 0 Å². The van der Waals surface area contributed by atoms with E-state index in [-0.39, 0.29) is 30.3 Å². The van der Waals surface area contributed by atoms with E-state index < -0.39 is 6.04 Å². The summed E-state index contributed by atoms with van der Waals surface area (Å²) < 4.78 is 0. The molecule has 6 nitrogen and oxygen atoms in total. The molecule has 1 saturated heterocycles. The molecule has 1 N–H and O–H groups in total. The van der Waals surface area contributed by atoms with Gasteiger partial charge in [0.15, 0.2) is 0 Å². The van der Waals surface area contributed by atoms with E-state index in [9.17, 15) is 14.4 Å². The largest absolute Gasteiger partial charge is 0.352 e. The van der Waals surface area contributed by atoms with Gasteiger partial charge in [-0.25, -0.2) is 0 Å². The van der Waals surface area contributed by atoms with Crippen LogP contribution < -0.4 is 10.2 Å². The van der Waals surface area contributed by atoms with Gasteiger partial charge in [-0.05, 0) is 45.2 Å². The topological polar surface area (TPSA) is 69.7 Å². The van der Waals surface area contributed by atoms with Crippen molar-refractivity contribution in [3.05, 3.63) is 29.8 Å². The molecule has 1 aromatic rings. The Bertz CT molecular complexity index is 671. The van der Waals surface area contributed by atoms with Gasteiger partial charge in [-0.2, -0.15) is 0 Å². The molecule has 3 rings (SSSR count). The minimum Gasteiger partial charge on any atom is -0.352 e. The number of nitrogens with one attached hydrogen (secondary N) is 1. The smallest absolute Gasteiger partial charge is 0.256 e. The minimum absolute atomic E-state index is 0.00244. The number of nitrogens with zero attached hydrogens (tertiary/aromatic N) is 2. The third kappa shape index (κ3) is 3.00. The third-order valence-electron chi connectivity index (χ3n) is 4.49. The second kappa shape index (κ2) is 6.63. The molecule has 0 radical (unpaired) electrons. The number of piperidine rings is 1. The van der Waals surface area contributed by atoms with Gasteiger partial charge >= 0.3 is 0 Å². The van der Waals surface area contributed by atoms with Crippen molar-refractivity contribution in [1.29, 1.82) is 0 Å². The number of anilines is 1. The molecule has 0 bridgehead atoms. The normalized spacial score (nSPS) is 20.5. The summed E-state index contributed by atoms with van der Waals surface area (Å²) in [6.45, 7) is 4.28. The quantitative estimate of drug-likeness (QED) is 0.915. The zero-order chi connectivity index (χ0) is 17.3. The Hall–Kier alpha value is -2.37. The average Bonchev–Trinajstić information content (AvgIpc) is 2.65. The number of rotatable bonds is 3. The Morgan fingerprint density at radius 2 is 2.00 bits per heavy atom. The molecule has 0 saturated carbocycles. The van der Waals surface area contributed by atoms with Gasteiger partial charge in [0.2, 0.25) is 11.8 Å². The molecule has 24 heavy (non-hydrogen) atoms. The van der Waals surface area contributed by atoms with E-state index in [0.717, 1.165) is 12.8 Å². The molecule has 128 valence electrons. The fraction of sp³-hybridized carbons (Fsp3) is 0.500. The van der Waals surface area contributed by atoms with Crippen molar-refractivity contribution in [1.82, 2.24) is 10.2 Å². The summed E-state index contributed by atoms with van der Waals surface area (Å²) >= 11 is 0. The summed E-state index contributed by atoms with van der Waals surface area (Å²) in [6, 6.07) is 6.59. The van der Waals surface area contributed by atoms with Gasteiger partial charge < -0.3 is 15.1 Å². The molecule has 3 amide bonds. The second-order valence-corrected chi connectivity index (χ2v) is 6.67. The van der Waals surface area contributed by atoms with Crippen LogP contribution in [0, 0.1) is 0 Å². The van der Waals surface area contributed by atoms with E-state index in [2.05, 4.69) is 5.32 Å². The summed E-state index contributed by atoms with van der Waals surface area (Å²) in [5.41, 5.74) is 1.02. The zero-order valence-electron chi connectivity index (χ0n) is 14.1.